The third-order valence-electron chi connectivity index (χ3n) is 2.95. The van der Waals surface area contributed by atoms with Crippen LogP contribution in [0, 0.1) is 17.1 Å². The first-order valence-corrected chi connectivity index (χ1v) is 7.08. The minimum atomic E-state index is -0.984. The second kappa shape index (κ2) is 8.50. The highest BCUT2D eigenvalue weighted by Gasteiger charge is 2.12. The number of nitrogens with zero attached hydrogens (tertiary/aromatic N) is 1. The Morgan fingerprint density at radius 2 is 2.17 bits per heavy atom. The molecule has 1 aromatic carbocycles. The van der Waals surface area contributed by atoms with Gasteiger partial charge in [0.15, 0.2) is 0 Å². The second-order valence-corrected chi connectivity index (χ2v) is 4.81. The molecule has 6 nitrogen and oxygen atoms in total. The van der Waals surface area contributed by atoms with Gasteiger partial charge < -0.3 is 19.6 Å². The molecular weight excluding hydrogens is 315 g/mol. The molecule has 1 aromatic heterocycles. The van der Waals surface area contributed by atoms with Gasteiger partial charge in [-0.05, 0) is 36.4 Å². The van der Waals surface area contributed by atoms with E-state index < -0.39 is 12.0 Å². The zero-order valence-corrected chi connectivity index (χ0v) is 12.6. The zero-order valence-electron chi connectivity index (χ0n) is 12.6. The molecule has 1 heterocycles. The number of carbonyl (C=O) groups excluding carboxylic acids is 1. The number of amides is 1. The van der Waals surface area contributed by atoms with Crippen LogP contribution in [0.25, 0.3) is 6.08 Å². The molecule has 1 unspecified atom stereocenters. The molecule has 0 bridgehead atoms. The van der Waals surface area contributed by atoms with Gasteiger partial charge in [0.1, 0.15) is 41.7 Å². The molecular formula is C17H15FN2O4. The fourth-order valence-corrected chi connectivity index (χ4v) is 1.75. The van der Waals surface area contributed by atoms with Gasteiger partial charge in [-0.3, -0.25) is 4.79 Å². The molecule has 0 aliphatic carbocycles. The van der Waals surface area contributed by atoms with Crippen LogP contribution in [-0.2, 0) is 4.79 Å². The zero-order chi connectivity index (χ0) is 17.4. The Bertz CT molecular complexity index is 733. The lowest BCUT2D eigenvalue weighted by molar-refractivity contribution is -0.117. The number of aliphatic hydroxyl groups is 1. The van der Waals surface area contributed by atoms with Crippen LogP contribution >= 0.6 is 0 Å². The van der Waals surface area contributed by atoms with Crippen LogP contribution in [0.1, 0.15) is 5.76 Å². The van der Waals surface area contributed by atoms with E-state index in [0.29, 0.717) is 11.5 Å². The minimum absolute atomic E-state index is 0.0876. The third-order valence-corrected chi connectivity index (χ3v) is 2.95. The van der Waals surface area contributed by atoms with Crippen LogP contribution in [-0.4, -0.2) is 30.3 Å². The van der Waals surface area contributed by atoms with E-state index in [1.54, 1.807) is 18.2 Å². The van der Waals surface area contributed by atoms with Crippen molar-refractivity contribution in [2.24, 2.45) is 0 Å². The number of hydrogen-bond donors (Lipinski definition) is 2. The molecule has 0 radical (unpaired) electrons. The largest absolute Gasteiger partial charge is 0.491 e. The average molecular weight is 330 g/mol. The van der Waals surface area contributed by atoms with Gasteiger partial charge in [0.25, 0.3) is 5.91 Å². The van der Waals surface area contributed by atoms with Crippen LogP contribution in [0.3, 0.4) is 0 Å². The summed E-state index contributed by atoms with van der Waals surface area (Å²) in [6, 6.07) is 10.3. The maximum atomic E-state index is 12.7. The van der Waals surface area contributed by atoms with Gasteiger partial charge in [0.2, 0.25) is 0 Å². The number of nitriles is 1. The van der Waals surface area contributed by atoms with Gasteiger partial charge in [0, 0.05) is 12.6 Å². The number of benzene rings is 1. The number of hydrogen-bond acceptors (Lipinski definition) is 5. The molecule has 124 valence electrons. The first-order valence-electron chi connectivity index (χ1n) is 7.08. The predicted octanol–water partition coefficient (Wildman–Crippen LogP) is 1.88. The molecule has 24 heavy (non-hydrogen) atoms. The van der Waals surface area contributed by atoms with E-state index in [1.165, 1.54) is 36.6 Å². The summed E-state index contributed by atoms with van der Waals surface area (Å²) < 4.78 is 23.0. The van der Waals surface area contributed by atoms with Crippen LogP contribution < -0.4 is 10.1 Å². The number of rotatable bonds is 7. The van der Waals surface area contributed by atoms with Crippen molar-refractivity contribution in [1.29, 1.82) is 5.26 Å². The highest BCUT2D eigenvalue weighted by Crippen LogP contribution is 2.11. The third kappa shape index (κ3) is 5.26. The summed E-state index contributed by atoms with van der Waals surface area (Å²) in [6.07, 6.45) is 1.74. The van der Waals surface area contributed by atoms with E-state index in [4.69, 9.17) is 14.4 Å². The van der Waals surface area contributed by atoms with Gasteiger partial charge in [-0.25, -0.2) is 4.39 Å². The lowest BCUT2D eigenvalue weighted by atomic mass is 10.2. The molecule has 1 amide bonds. The van der Waals surface area contributed by atoms with Crippen molar-refractivity contribution in [3.63, 3.8) is 0 Å². The Labute approximate surface area is 137 Å². The lowest BCUT2D eigenvalue weighted by Gasteiger charge is -2.13. The molecule has 0 aliphatic heterocycles. The van der Waals surface area contributed by atoms with Gasteiger partial charge >= 0.3 is 0 Å². The molecule has 7 heteroatoms. The Kier molecular flexibility index (Phi) is 6.11. The normalized spacial score (nSPS) is 12.3. The van der Waals surface area contributed by atoms with Crippen LogP contribution in [0.15, 0.2) is 52.7 Å². The summed E-state index contributed by atoms with van der Waals surface area (Å²) in [6.45, 7) is -0.188. The molecule has 0 saturated carbocycles. The Morgan fingerprint density at radius 1 is 1.42 bits per heavy atom. The van der Waals surface area contributed by atoms with Crippen molar-refractivity contribution < 1.29 is 23.4 Å². The Hall–Kier alpha value is -3.11. The summed E-state index contributed by atoms with van der Waals surface area (Å²) >= 11 is 0. The smallest absolute Gasteiger partial charge is 0.262 e. The van der Waals surface area contributed by atoms with Crippen molar-refractivity contribution in [3.8, 4) is 11.8 Å². The predicted molar refractivity (Wildman–Crippen MR) is 83.2 cm³/mol. The Morgan fingerprint density at radius 3 is 2.79 bits per heavy atom. The van der Waals surface area contributed by atoms with E-state index >= 15 is 0 Å². The summed E-state index contributed by atoms with van der Waals surface area (Å²) in [5.74, 6) is -0.239. The van der Waals surface area contributed by atoms with Gasteiger partial charge in [0.05, 0.1) is 6.26 Å². The molecule has 0 saturated heterocycles. The van der Waals surface area contributed by atoms with Crippen molar-refractivity contribution in [1.82, 2.24) is 5.32 Å². The number of furan rings is 1. The van der Waals surface area contributed by atoms with E-state index in [-0.39, 0.29) is 24.5 Å². The highest BCUT2D eigenvalue weighted by molar-refractivity contribution is 6.01. The second-order valence-electron chi connectivity index (χ2n) is 4.81. The fraction of sp³-hybridized carbons (Fsp3) is 0.176. The summed E-state index contributed by atoms with van der Waals surface area (Å²) in [4.78, 5) is 11.9. The van der Waals surface area contributed by atoms with Crippen LogP contribution in [0.2, 0.25) is 0 Å². The molecule has 1 atom stereocenters. The van der Waals surface area contributed by atoms with E-state index in [1.807, 2.05) is 0 Å². The lowest BCUT2D eigenvalue weighted by Crippen LogP contribution is -2.35. The summed E-state index contributed by atoms with van der Waals surface area (Å²) in [5.41, 5.74) is -0.142. The van der Waals surface area contributed by atoms with Gasteiger partial charge in [-0.2, -0.15) is 5.26 Å². The monoisotopic (exact) mass is 330 g/mol. The molecule has 0 spiro atoms. The molecule has 0 fully saturated rings. The average Bonchev–Trinajstić information content (AvgIpc) is 3.10. The van der Waals surface area contributed by atoms with Gasteiger partial charge in [-0.15, -0.1) is 0 Å². The number of ether oxygens (including phenoxy) is 1. The molecule has 2 rings (SSSR count). The van der Waals surface area contributed by atoms with Crippen molar-refractivity contribution >= 4 is 12.0 Å². The number of carbonyl (C=O) groups is 1. The van der Waals surface area contributed by atoms with Crippen molar-refractivity contribution in [3.05, 3.63) is 59.8 Å². The molecule has 2 aromatic rings. The topological polar surface area (TPSA) is 95.5 Å². The molecule has 2 N–H and O–H groups in total. The van der Waals surface area contributed by atoms with Crippen LogP contribution in [0.5, 0.6) is 5.75 Å². The Balaban J connectivity index is 1.80. The number of aliphatic hydroxyl groups excluding tert-OH is 1. The maximum Gasteiger partial charge on any atom is 0.262 e. The van der Waals surface area contributed by atoms with E-state index in [2.05, 4.69) is 5.32 Å². The first-order chi connectivity index (χ1) is 11.6. The minimum Gasteiger partial charge on any atom is -0.491 e. The molecule has 0 aliphatic rings. The van der Waals surface area contributed by atoms with Gasteiger partial charge in [-0.1, -0.05) is 0 Å². The van der Waals surface area contributed by atoms with E-state index in [0.717, 1.165) is 0 Å². The SMILES string of the molecule is N#C/C(=C\c1ccco1)C(=O)NCC(O)COc1ccc(F)cc1. The standard InChI is InChI=1S/C17H15FN2O4/c18-13-3-5-15(6-4-13)24-11-14(21)10-20-17(22)12(9-19)8-16-2-1-7-23-16/h1-8,14,21H,10-11H2,(H,20,22)/b12-8+. The van der Waals surface area contributed by atoms with Crippen molar-refractivity contribution in [2.45, 2.75) is 6.10 Å². The fourth-order valence-electron chi connectivity index (χ4n) is 1.75. The maximum absolute atomic E-state index is 12.7. The van der Waals surface area contributed by atoms with Crippen molar-refractivity contribution in [2.75, 3.05) is 13.2 Å². The first kappa shape index (κ1) is 17.2. The number of nitrogens with one attached hydrogen (secondary N) is 1. The van der Waals surface area contributed by atoms with Crippen LogP contribution in [0.4, 0.5) is 4.39 Å². The quantitative estimate of drug-likeness (QED) is 0.597. The summed E-state index contributed by atoms with van der Waals surface area (Å²) in [7, 11) is 0. The summed E-state index contributed by atoms with van der Waals surface area (Å²) in [5, 5.41) is 21.2. The van der Waals surface area contributed by atoms with E-state index in [9.17, 15) is 14.3 Å². The highest BCUT2D eigenvalue weighted by atomic mass is 19.1. The number of halogens is 1.